The molecule has 1 aromatic heterocycles. The molecular weight excluding hydrogens is 418 g/mol. The van der Waals surface area contributed by atoms with Crippen molar-refractivity contribution < 1.29 is 28.9 Å². The van der Waals surface area contributed by atoms with Crippen molar-refractivity contribution in [2.24, 2.45) is 5.92 Å². The quantitative estimate of drug-likeness (QED) is 0.547. The van der Waals surface area contributed by atoms with Gasteiger partial charge in [-0.1, -0.05) is 22.9 Å². The Bertz CT molecular complexity index is 1050. The van der Waals surface area contributed by atoms with Crippen molar-refractivity contribution in [3.05, 3.63) is 47.5 Å². The number of thiazole rings is 1. The summed E-state index contributed by atoms with van der Waals surface area (Å²) in [5.41, 5.74) is 0.795. The van der Waals surface area contributed by atoms with E-state index in [1.165, 1.54) is 11.3 Å². The maximum absolute atomic E-state index is 11.6. The van der Waals surface area contributed by atoms with Crippen LogP contribution in [0.15, 0.2) is 42.5 Å². The van der Waals surface area contributed by atoms with Crippen LogP contribution in [-0.2, 0) is 14.3 Å². The Balaban J connectivity index is 1.42. The van der Waals surface area contributed by atoms with Gasteiger partial charge in [0.1, 0.15) is 11.5 Å². The number of hydrogen-bond acceptors (Lipinski definition) is 7. The fraction of sp³-hybridized carbons (Fsp3) is 0.250. The van der Waals surface area contributed by atoms with Gasteiger partial charge in [0.2, 0.25) is 0 Å². The number of carboxylic acid groups (broad SMARTS) is 1. The molecule has 0 amide bonds. The first-order valence-electron chi connectivity index (χ1n) is 8.88. The summed E-state index contributed by atoms with van der Waals surface area (Å²) in [4.78, 5) is 27.5. The van der Waals surface area contributed by atoms with Gasteiger partial charge in [0.25, 0.3) is 5.19 Å². The Kier molecular flexibility index (Phi) is 5.55. The van der Waals surface area contributed by atoms with Crippen molar-refractivity contribution in [1.82, 2.24) is 4.98 Å². The smallest absolute Gasteiger partial charge is 0.344 e. The normalized spacial score (nSPS) is 17.1. The molecule has 2 atom stereocenters. The first-order chi connectivity index (χ1) is 14.0. The number of carbonyl (C=O) groups is 2. The summed E-state index contributed by atoms with van der Waals surface area (Å²) in [5, 5.41) is 10.5. The average molecular weight is 434 g/mol. The summed E-state index contributed by atoms with van der Waals surface area (Å²) in [6.45, 7) is 0.319. The molecule has 1 aliphatic heterocycles. The Labute approximate surface area is 174 Å². The zero-order valence-corrected chi connectivity index (χ0v) is 16.6. The van der Waals surface area contributed by atoms with Crippen molar-refractivity contribution in [2.45, 2.75) is 18.9 Å². The number of hydrogen-bond donors (Lipinski definition) is 1. The zero-order valence-electron chi connectivity index (χ0n) is 15.0. The zero-order chi connectivity index (χ0) is 20.4. The number of aromatic nitrogens is 1. The number of carbonyl (C=O) groups excluding carboxylic acids is 1. The molecule has 0 saturated carbocycles. The minimum atomic E-state index is -1.13. The third kappa shape index (κ3) is 4.60. The molecule has 2 aromatic carbocycles. The standard InChI is InChI=1S/C20H16ClNO6S/c21-12-1-6-15-17(10-12)29-20(22-15)28-14-4-2-13(3-5-14)27-16(18(23)24)9-11-7-8-26-19(11)25/h1-6,10-11,16H,7-9H2,(H,23,24). The summed E-state index contributed by atoms with van der Waals surface area (Å²) in [6.07, 6.45) is -0.557. The second-order valence-corrected chi connectivity index (χ2v) is 7.93. The van der Waals surface area contributed by atoms with E-state index in [2.05, 4.69) is 4.98 Å². The van der Waals surface area contributed by atoms with Crippen LogP contribution in [0, 0.1) is 5.92 Å². The molecule has 0 radical (unpaired) electrons. The second-order valence-electron chi connectivity index (χ2n) is 6.50. The van der Waals surface area contributed by atoms with Crippen LogP contribution in [0.1, 0.15) is 12.8 Å². The largest absolute Gasteiger partial charge is 0.479 e. The molecule has 1 fully saturated rings. The lowest BCUT2D eigenvalue weighted by Gasteiger charge is -2.17. The lowest BCUT2D eigenvalue weighted by atomic mass is 10.0. The van der Waals surface area contributed by atoms with E-state index in [1.54, 1.807) is 30.3 Å². The lowest BCUT2D eigenvalue weighted by Crippen LogP contribution is -2.30. The molecule has 9 heteroatoms. The van der Waals surface area contributed by atoms with Crippen LogP contribution in [0.5, 0.6) is 16.7 Å². The molecule has 1 aliphatic rings. The molecule has 2 unspecified atom stereocenters. The van der Waals surface area contributed by atoms with E-state index in [0.29, 0.717) is 34.7 Å². The SMILES string of the molecule is O=C1OCCC1CC(Oc1ccc(Oc2nc3ccc(Cl)cc3s2)cc1)C(=O)O. The lowest BCUT2D eigenvalue weighted by molar-refractivity contribution is -0.147. The fourth-order valence-electron chi connectivity index (χ4n) is 2.98. The Morgan fingerprint density at radius 1 is 1.28 bits per heavy atom. The van der Waals surface area contributed by atoms with Crippen LogP contribution in [0.2, 0.25) is 5.02 Å². The molecule has 3 aromatic rings. The summed E-state index contributed by atoms with van der Waals surface area (Å²) >= 11 is 7.36. The summed E-state index contributed by atoms with van der Waals surface area (Å²) < 4.78 is 17.1. The van der Waals surface area contributed by atoms with Crippen molar-refractivity contribution in [1.29, 1.82) is 0 Å². The fourth-order valence-corrected chi connectivity index (χ4v) is 4.09. The maximum Gasteiger partial charge on any atom is 0.344 e. The minimum Gasteiger partial charge on any atom is -0.479 e. The van der Waals surface area contributed by atoms with E-state index < -0.39 is 18.0 Å². The highest BCUT2D eigenvalue weighted by Gasteiger charge is 2.33. The molecule has 0 aliphatic carbocycles. The van der Waals surface area contributed by atoms with E-state index in [0.717, 1.165) is 10.2 Å². The first kappa shape index (κ1) is 19.5. The van der Waals surface area contributed by atoms with Gasteiger partial charge >= 0.3 is 11.9 Å². The number of nitrogens with zero attached hydrogens (tertiary/aromatic N) is 1. The van der Waals surface area contributed by atoms with Gasteiger partial charge in [-0.3, -0.25) is 4.79 Å². The molecule has 2 heterocycles. The second kappa shape index (κ2) is 8.26. The molecule has 4 rings (SSSR count). The summed E-state index contributed by atoms with van der Waals surface area (Å²) in [7, 11) is 0. The number of aliphatic carboxylic acids is 1. The number of benzene rings is 2. The van der Waals surface area contributed by atoms with Gasteiger partial charge < -0.3 is 19.3 Å². The average Bonchev–Trinajstić information content (AvgIpc) is 3.27. The molecule has 150 valence electrons. The third-order valence-corrected chi connectivity index (χ3v) is 5.59. The predicted molar refractivity (Wildman–Crippen MR) is 107 cm³/mol. The molecule has 7 nitrogen and oxygen atoms in total. The summed E-state index contributed by atoms with van der Waals surface area (Å²) in [6, 6.07) is 12.0. The third-order valence-electron chi connectivity index (χ3n) is 4.46. The predicted octanol–water partition coefficient (Wildman–Crippen LogP) is 4.53. The van der Waals surface area contributed by atoms with Gasteiger partial charge in [-0.2, -0.15) is 0 Å². The number of carboxylic acids is 1. The van der Waals surface area contributed by atoms with Gasteiger partial charge in [-0.25, -0.2) is 9.78 Å². The van der Waals surface area contributed by atoms with Crippen molar-refractivity contribution in [3.63, 3.8) is 0 Å². The molecule has 29 heavy (non-hydrogen) atoms. The van der Waals surface area contributed by atoms with Crippen molar-refractivity contribution in [2.75, 3.05) is 6.61 Å². The van der Waals surface area contributed by atoms with Crippen LogP contribution >= 0.6 is 22.9 Å². The van der Waals surface area contributed by atoms with Gasteiger partial charge in [0.05, 0.1) is 22.7 Å². The van der Waals surface area contributed by atoms with E-state index in [1.807, 2.05) is 12.1 Å². The first-order valence-corrected chi connectivity index (χ1v) is 10.1. The van der Waals surface area contributed by atoms with Gasteiger partial charge in [0, 0.05) is 11.4 Å². The maximum atomic E-state index is 11.6. The molecule has 1 N–H and O–H groups in total. The molecule has 0 bridgehead atoms. The van der Waals surface area contributed by atoms with E-state index in [9.17, 15) is 14.7 Å². The Morgan fingerprint density at radius 3 is 2.72 bits per heavy atom. The Hall–Kier alpha value is -2.84. The van der Waals surface area contributed by atoms with Gasteiger partial charge in [0.15, 0.2) is 6.10 Å². The van der Waals surface area contributed by atoms with E-state index in [4.69, 9.17) is 25.8 Å². The molecule has 1 saturated heterocycles. The highest BCUT2D eigenvalue weighted by atomic mass is 35.5. The monoisotopic (exact) mass is 433 g/mol. The van der Waals surface area contributed by atoms with Gasteiger partial charge in [-0.15, -0.1) is 0 Å². The molecule has 0 spiro atoms. The number of ether oxygens (including phenoxy) is 3. The van der Waals surface area contributed by atoms with Crippen LogP contribution in [-0.4, -0.2) is 34.7 Å². The van der Waals surface area contributed by atoms with E-state index >= 15 is 0 Å². The van der Waals surface area contributed by atoms with Crippen LogP contribution in [0.25, 0.3) is 10.2 Å². The van der Waals surface area contributed by atoms with Crippen molar-refractivity contribution in [3.8, 4) is 16.7 Å². The number of esters is 1. The highest BCUT2D eigenvalue weighted by Crippen LogP contribution is 2.33. The number of halogens is 1. The van der Waals surface area contributed by atoms with Gasteiger partial charge in [-0.05, 0) is 48.9 Å². The van der Waals surface area contributed by atoms with Crippen LogP contribution < -0.4 is 9.47 Å². The van der Waals surface area contributed by atoms with Crippen molar-refractivity contribution >= 4 is 45.1 Å². The van der Waals surface area contributed by atoms with E-state index in [-0.39, 0.29) is 12.4 Å². The number of cyclic esters (lactones) is 1. The number of rotatable bonds is 7. The summed E-state index contributed by atoms with van der Waals surface area (Å²) in [5.74, 6) is -1.05. The number of fused-ring (bicyclic) bond motifs is 1. The van der Waals surface area contributed by atoms with Crippen LogP contribution in [0.4, 0.5) is 0 Å². The minimum absolute atomic E-state index is 0.0701. The highest BCUT2D eigenvalue weighted by molar-refractivity contribution is 7.20. The van der Waals surface area contributed by atoms with Crippen LogP contribution in [0.3, 0.4) is 0 Å². The molecular formula is C20H16ClNO6S. The Morgan fingerprint density at radius 2 is 2.03 bits per heavy atom. The topological polar surface area (TPSA) is 95.0 Å².